The van der Waals surface area contributed by atoms with Gasteiger partial charge < -0.3 is 9.47 Å². The quantitative estimate of drug-likeness (QED) is 0.139. The molecule has 11 aromatic carbocycles. The van der Waals surface area contributed by atoms with E-state index in [0.29, 0.717) is 0 Å². The van der Waals surface area contributed by atoms with Gasteiger partial charge in [-0.25, -0.2) is 0 Å². The third-order valence-corrected chi connectivity index (χ3v) is 12.8. The lowest BCUT2D eigenvalue weighted by molar-refractivity contribution is 1.18. The second kappa shape index (κ2) is 15.8. The van der Waals surface area contributed by atoms with Crippen molar-refractivity contribution in [1.82, 2.24) is 4.57 Å². The lowest BCUT2D eigenvalue weighted by atomic mass is 9.94. The van der Waals surface area contributed by atoms with Crippen LogP contribution in [0.15, 0.2) is 255 Å². The zero-order chi connectivity index (χ0) is 42.4. The average molecular weight is 815 g/mol. The highest BCUT2D eigenvalue weighted by atomic mass is 15.1. The molecule has 0 saturated carbocycles. The maximum absolute atomic E-state index is 2.41. The molecule has 0 N–H and O–H groups in total. The van der Waals surface area contributed by atoms with Crippen molar-refractivity contribution < 1.29 is 0 Å². The van der Waals surface area contributed by atoms with Crippen LogP contribution in [0.2, 0.25) is 0 Å². The molecule has 0 aliphatic rings. The monoisotopic (exact) mass is 814 g/mol. The number of hydrogen-bond acceptors (Lipinski definition) is 1. The number of benzene rings is 11. The minimum absolute atomic E-state index is 1.08. The summed E-state index contributed by atoms with van der Waals surface area (Å²) < 4.78 is 2.39. The summed E-state index contributed by atoms with van der Waals surface area (Å²) in [6.45, 7) is 0. The number of para-hydroxylation sites is 2. The summed E-state index contributed by atoms with van der Waals surface area (Å²) in [5.41, 5.74) is 16.3. The van der Waals surface area contributed by atoms with Crippen LogP contribution in [-0.4, -0.2) is 4.57 Å². The highest BCUT2D eigenvalue weighted by molar-refractivity contribution is 6.12. The summed E-state index contributed by atoms with van der Waals surface area (Å²) in [5, 5.41) is 7.57. The van der Waals surface area contributed by atoms with E-state index in [1.165, 1.54) is 76.7 Å². The molecule has 0 atom stereocenters. The predicted octanol–water partition coefficient (Wildman–Crippen LogP) is 17.2. The Kier molecular flexibility index (Phi) is 9.20. The third kappa shape index (κ3) is 6.52. The Balaban J connectivity index is 0.997. The number of fused-ring (bicyclic) bond motifs is 6. The van der Waals surface area contributed by atoms with Gasteiger partial charge in [-0.05, 0) is 121 Å². The molecule has 0 aliphatic heterocycles. The summed E-state index contributed by atoms with van der Waals surface area (Å²) in [4.78, 5) is 2.41. The molecule has 0 saturated heterocycles. The van der Waals surface area contributed by atoms with Crippen molar-refractivity contribution in [2.24, 2.45) is 0 Å². The zero-order valence-electron chi connectivity index (χ0n) is 35.1. The molecule has 1 heterocycles. The zero-order valence-corrected chi connectivity index (χ0v) is 35.1. The van der Waals surface area contributed by atoms with Crippen molar-refractivity contribution in [2.75, 3.05) is 4.90 Å². The highest BCUT2D eigenvalue weighted by Crippen LogP contribution is 2.44. The minimum Gasteiger partial charge on any atom is -0.310 e. The van der Waals surface area contributed by atoms with Crippen molar-refractivity contribution in [3.8, 4) is 50.2 Å². The van der Waals surface area contributed by atoms with Gasteiger partial charge in [0.25, 0.3) is 0 Å². The van der Waals surface area contributed by atoms with Crippen LogP contribution in [0, 0.1) is 0 Å². The summed E-state index contributed by atoms with van der Waals surface area (Å²) in [6, 6.07) is 92.7. The molecule has 0 fully saturated rings. The molecule has 0 spiro atoms. The Labute approximate surface area is 373 Å². The number of aromatic nitrogens is 1. The second-order valence-corrected chi connectivity index (χ2v) is 16.5. The van der Waals surface area contributed by atoms with Crippen molar-refractivity contribution in [1.29, 1.82) is 0 Å². The van der Waals surface area contributed by atoms with Gasteiger partial charge in [-0.15, -0.1) is 0 Å². The largest absolute Gasteiger partial charge is 0.310 e. The van der Waals surface area contributed by atoms with Crippen LogP contribution in [0.1, 0.15) is 0 Å². The first-order valence-electron chi connectivity index (χ1n) is 22.0. The lowest BCUT2D eigenvalue weighted by Gasteiger charge is -2.29. The molecule has 0 unspecified atom stereocenters. The summed E-state index contributed by atoms with van der Waals surface area (Å²) >= 11 is 0. The van der Waals surface area contributed by atoms with E-state index in [1.54, 1.807) is 0 Å². The molecule has 300 valence electrons. The van der Waals surface area contributed by atoms with Crippen molar-refractivity contribution in [3.05, 3.63) is 255 Å². The molecular formula is C62H42N2. The van der Waals surface area contributed by atoms with Crippen LogP contribution in [0.3, 0.4) is 0 Å². The molecule has 0 radical (unpaired) electrons. The molecule has 0 aliphatic carbocycles. The van der Waals surface area contributed by atoms with Gasteiger partial charge in [-0.3, -0.25) is 0 Å². The van der Waals surface area contributed by atoms with Crippen molar-refractivity contribution in [3.63, 3.8) is 0 Å². The average Bonchev–Trinajstić information content (AvgIpc) is 3.71. The predicted molar refractivity (Wildman–Crippen MR) is 272 cm³/mol. The summed E-state index contributed by atoms with van der Waals surface area (Å²) in [6.07, 6.45) is 0. The molecule has 2 nitrogen and oxygen atoms in total. The van der Waals surface area contributed by atoms with Gasteiger partial charge in [0.2, 0.25) is 0 Å². The van der Waals surface area contributed by atoms with Gasteiger partial charge in [-0.2, -0.15) is 0 Å². The fourth-order valence-electron chi connectivity index (χ4n) is 9.71. The molecule has 1 aromatic heterocycles. The Morgan fingerprint density at radius 3 is 1.53 bits per heavy atom. The molecular weight excluding hydrogens is 773 g/mol. The maximum atomic E-state index is 2.41. The van der Waals surface area contributed by atoms with Gasteiger partial charge in [0.15, 0.2) is 0 Å². The van der Waals surface area contributed by atoms with E-state index in [1.807, 2.05) is 0 Å². The Morgan fingerprint density at radius 1 is 0.266 bits per heavy atom. The van der Waals surface area contributed by atoms with E-state index >= 15 is 0 Å². The lowest BCUT2D eigenvalue weighted by Crippen LogP contribution is -2.11. The Hall–Kier alpha value is -8.46. The van der Waals surface area contributed by atoms with Crippen molar-refractivity contribution in [2.45, 2.75) is 0 Å². The summed E-state index contributed by atoms with van der Waals surface area (Å²) in [5.74, 6) is 0. The van der Waals surface area contributed by atoms with E-state index in [2.05, 4.69) is 264 Å². The smallest absolute Gasteiger partial charge is 0.0547 e. The first kappa shape index (κ1) is 37.3. The van der Waals surface area contributed by atoms with Crippen LogP contribution in [0.4, 0.5) is 17.1 Å². The highest BCUT2D eigenvalue weighted by Gasteiger charge is 2.20. The molecule has 12 aromatic rings. The van der Waals surface area contributed by atoms with Crippen LogP contribution in [-0.2, 0) is 0 Å². The van der Waals surface area contributed by atoms with E-state index in [0.717, 1.165) is 33.9 Å². The van der Waals surface area contributed by atoms with Crippen LogP contribution in [0.25, 0.3) is 93.5 Å². The number of rotatable bonds is 8. The first-order chi connectivity index (χ1) is 31.7. The van der Waals surface area contributed by atoms with E-state index in [9.17, 15) is 0 Å². The maximum Gasteiger partial charge on any atom is 0.0547 e. The van der Waals surface area contributed by atoms with Gasteiger partial charge in [-0.1, -0.05) is 194 Å². The van der Waals surface area contributed by atoms with Gasteiger partial charge in [0, 0.05) is 33.4 Å². The topological polar surface area (TPSA) is 8.17 Å². The first-order valence-corrected chi connectivity index (χ1v) is 22.0. The normalized spacial score (nSPS) is 11.4. The SMILES string of the molecule is c1ccc(-c2ccc(N(c3ccc(-c4ccc5c6ccccc6n(-c6ccccc6)c5c4)cc3)c3ccc(-c4cccc5c4ccc4ccccc45)cc3)c(-c3ccccc3)c2)cc1. The molecule has 12 rings (SSSR count). The molecule has 0 bridgehead atoms. The van der Waals surface area contributed by atoms with Crippen LogP contribution >= 0.6 is 0 Å². The van der Waals surface area contributed by atoms with Gasteiger partial charge >= 0.3 is 0 Å². The standard InChI is InChI=1S/C62H42N2/c1-4-15-43(16-5-1)48-33-40-61(59(41-48)45-17-6-2-7-18-45)63(52-36-29-47(30-37-52)54-24-14-25-55-53-22-11-10-19-46(53)31-38-56(54)55)51-34-27-44(28-35-51)49-32-39-58-57-23-12-13-26-60(57)64(62(58)42-49)50-20-8-3-9-21-50/h1-42H. The Morgan fingerprint density at radius 2 is 0.781 bits per heavy atom. The minimum atomic E-state index is 1.08. The fourth-order valence-corrected chi connectivity index (χ4v) is 9.71. The van der Waals surface area contributed by atoms with Gasteiger partial charge in [0.1, 0.15) is 0 Å². The Bertz CT molecular complexity index is 3630. The summed E-state index contributed by atoms with van der Waals surface area (Å²) in [7, 11) is 0. The molecule has 64 heavy (non-hydrogen) atoms. The van der Waals surface area contributed by atoms with E-state index in [-0.39, 0.29) is 0 Å². The molecule has 2 heteroatoms. The fraction of sp³-hybridized carbons (Fsp3) is 0. The van der Waals surface area contributed by atoms with Gasteiger partial charge in [0.05, 0.1) is 16.7 Å². The van der Waals surface area contributed by atoms with Crippen molar-refractivity contribution >= 4 is 60.4 Å². The second-order valence-electron chi connectivity index (χ2n) is 16.5. The van der Waals surface area contributed by atoms with Crippen LogP contribution < -0.4 is 4.90 Å². The van der Waals surface area contributed by atoms with E-state index in [4.69, 9.17) is 0 Å². The number of nitrogens with zero attached hydrogens (tertiary/aromatic N) is 2. The molecule has 0 amide bonds. The van der Waals surface area contributed by atoms with E-state index < -0.39 is 0 Å². The van der Waals surface area contributed by atoms with Crippen LogP contribution in [0.5, 0.6) is 0 Å². The third-order valence-electron chi connectivity index (χ3n) is 12.8. The number of hydrogen-bond donors (Lipinski definition) is 0. The number of anilines is 3.